The lowest BCUT2D eigenvalue weighted by Gasteiger charge is -2.24. The second-order valence-corrected chi connectivity index (χ2v) is 6.52. The van der Waals surface area contributed by atoms with Crippen LogP contribution in [0.3, 0.4) is 0 Å². The lowest BCUT2D eigenvalue weighted by Crippen LogP contribution is -2.32. The Bertz CT molecular complexity index is 890. The van der Waals surface area contributed by atoms with Crippen LogP contribution in [0.5, 0.6) is 5.75 Å². The van der Waals surface area contributed by atoms with Gasteiger partial charge in [0.1, 0.15) is 17.0 Å². The minimum atomic E-state index is -3.70. The first kappa shape index (κ1) is 15.2. The zero-order chi connectivity index (χ0) is 16.4. The van der Waals surface area contributed by atoms with Crippen LogP contribution in [0, 0.1) is 0 Å². The number of benzene rings is 2. The highest BCUT2D eigenvalue weighted by Crippen LogP contribution is 2.29. The number of ketones is 1. The van der Waals surface area contributed by atoms with Crippen molar-refractivity contribution in [2.24, 2.45) is 4.40 Å². The maximum atomic E-state index is 12.5. The van der Waals surface area contributed by atoms with Gasteiger partial charge < -0.3 is 9.64 Å². The highest BCUT2D eigenvalue weighted by Gasteiger charge is 2.26. The molecule has 0 aliphatic carbocycles. The van der Waals surface area contributed by atoms with E-state index in [1.807, 2.05) is 0 Å². The number of carbonyl (C=O) groups is 1. The number of sulfonamides is 1. The molecule has 7 heteroatoms. The molecule has 0 amide bonds. The van der Waals surface area contributed by atoms with E-state index in [1.54, 1.807) is 42.5 Å². The number of fused-ring (bicyclic) bond motifs is 1. The van der Waals surface area contributed by atoms with E-state index in [2.05, 4.69) is 4.40 Å². The maximum Gasteiger partial charge on any atom is 0.285 e. The standard InChI is InChI=1S/C16H14N2O4S/c1-22-15-8-4-2-6-12(15)14(19)10-18-11-17-23(20,21)16-9-5-3-7-13(16)18/h2-9,11H,10H2,1H3. The molecule has 0 saturated heterocycles. The van der Waals surface area contributed by atoms with E-state index in [0.717, 1.165) is 0 Å². The third-order valence-corrected chi connectivity index (χ3v) is 4.77. The Labute approximate surface area is 134 Å². The van der Waals surface area contributed by atoms with E-state index in [1.165, 1.54) is 24.4 Å². The molecule has 0 fully saturated rings. The number of Topliss-reactive ketones (excluding diaryl/α,β-unsaturated/α-hetero) is 1. The Morgan fingerprint density at radius 3 is 2.61 bits per heavy atom. The minimum absolute atomic E-state index is 0.0313. The number of hydrogen-bond acceptors (Lipinski definition) is 5. The smallest absolute Gasteiger partial charge is 0.285 e. The second kappa shape index (κ2) is 5.85. The average Bonchev–Trinajstić information content (AvgIpc) is 2.57. The van der Waals surface area contributed by atoms with Crippen molar-refractivity contribution >= 4 is 27.8 Å². The van der Waals surface area contributed by atoms with Gasteiger partial charge in [-0.15, -0.1) is 4.40 Å². The van der Waals surface area contributed by atoms with Crippen LogP contribution < -0.4 is 9.64 Å². The Hall–Kier alpha value is -2.67. The number of nitrogens with zero attached hydrogens (tertiary/aromatic N) is 2. The normalized spacial score (nSPS) is 15.1. The van der Waals surface area contributed by atoms with Crippen LogP contribution in [0.4, 0.5) is 5.69 Å². The van der Waals surface area contributed by atoms with Crippen molar-refractivity contribution in [2.45, 2.75) is 4.90 Å². The maximum absolute atomic E-state index is 12.5. The lowest BCUT2D eigenvalue weighted by molar-refractivity contribution is 0.0999. The molecule has 2 aromatic carbocycles. The van der Waals surface area contributed by atoms with Gasteiger partial charge in [0.15, 0.2) is 5.78 Å². The first-order chi connectivity index (χ1) is 11.0. The largest absolute Gasteiger partial charge is 0.496 e. The van der Waals surface area contributed by atoms with Crippen LogP contribution in [-0.2, 0) is 10.0 Å². The van der Waals surface area contributed by atoms with E-state index in [4.69, 9.17) is 4.74 Å². The number of anilines is 1. The van der Waals surface area contributed by atoms with Gasteiger partial charge in [0.05, 0.1) is 24.9 Å². The van der Waals surface area contributed by atoms with Crippen LogP contribution in [0.1, 0.15) is 10.4 Å². The summed E-state index contributed by atoms with van der Waals surface area (Å²) in [6.07, 6.45) is 1.17. The van der Waals surface area contributed by atoms with Crippen molar-refractivity contribution < 1.29 is 17.9 Å². The fourth-order valence-electron chi connectivity index (χ4n) is 2.39. The molecule has 118 valence electrons. The molecule has 6 nitrogen and oxygen atoms in total. The van der Waals surface area contributed by atoms with Gasteiger partial charge in [-0.3, -0.25) is 4.79 Å². The van der Waals surface area contributed by atoms with Gasteiger partial charge in [0.2, 0.25) is 0 Å². The third kappa shape index (κ3) is 2.83. The van der Waals surface area contributed by atoms with Gasteiger partial charge in [-0.2, -0.15) is 8.42 Å². The minimum Gasteiger partial charge on any atom is -0.496 e. The molecule has 0 atom stereocenters. The highest BCUT2D eigenvalue weighted by atomic mass is 32.2. The first-order valence-corrected chi connectivity index (χ1v) is 8.29. The fraction of sp³-hybridized carbons (Fsp3) is 0.125. The van der Waals surface area contributed by atoms with Crippen molar-refractivity contribution in [1.82, 2.24) is 0 Å². The van der Waals surface area contributed by atoms with Crippen molar-refractivity contribution in [3.63, 3.8) is 0 Å². The molecular weight excluding hydrogens is 316 g/mol. The summed E-state index contributed by atoms with van der Waals surface area (Å²) in [5.74, 6) is 0.287. The zero-order valence-electron chi connectivity index (χ0n) is 12.3. The van der Waals surface area contributed by atoms with Crippen molar-refractivity contribution in [3.8, 4) is 5.75 Å². The van der Waals surface area contributed by atoms with E-state index < -0.39 is 10.0 Å². The van der Waals surface area contributed by atoms with Crippen molar-refractivity contribution in [1.29, 1.82) is 0 Å². The number of ether oxygens (including phenoxy) is 1. The van der Waals surface area contributed by atoms with E-state index in [0.29, 0.717) is 17.0 Å². The molecule has 0 bridgehead atoms. The molecule has 1 aliphatic heterocycles. The molecule has 23 heavy (non-hydrogen) atoms. The topological polar surface area (TPSA) is 76.0 Å². The van der Waals surface area contributed by atoms with Gasteiger partial charge in [0, 0.05) is 0 Å². The summed E-state index contributed by atoms with van der Waals surface area (Å²) in [6, 6.07) is 13.4. The molecule has 0 saturated carbocycles. The van der Waals surface area contributed by atoms with E-state index >= 15 is 0 Å². The third-order valence-electron chi connectivity index (χ3n) is 3.50. The Balaban J connectivity index is 1.94. The summed E-state index contributed by atoms with van der Waals surface area (Å²) in [5, 5.41) is 0. The van der Waals surface area contributed by atoms with Gasteiger partial charge in [-0.1, -0.05) is 24.3 Å². The molecular formula is C16H14N2O4S. The molecule has 2 aromatic rings. The first-order valence-electron chi connectivity index (χ1n) is 6.85. The zero-order valence-corrected chi connectivity index (χ0v) is 13.2. The molecule has 1 aliphatic rings. The molecule has 0 unspecified atom stereocenters. The van der Waals surface area contributed by atoms with Crippen LogP contribution in [0.25, 0.3) is 0 Å². The number of rotatable bonds is 4. The summed E-state index contributed by atoms with van der Waals surface area (Å²) in [6.45, 7) is -0.0313. The molecule has 0 aromatic heterocycles. The SMILES string of the molecule is COc1ccccc1C(=O)CN1C=NS(=O)(=O)c2ccccc21. The number of methoxy groups -OCH3 is 1. The van der Waals surface area contributed by atoms with Gasteiger partial charge >= 0.3 is 0 Å². The summed E-state index contributed by atoms with van der Waals surface area (Å²) < 4.78 is 32.6. The average molecular weight is 330 g/mol. The predicted octanol–water partition coefficient (Wildman–Crippen LogP) is 2.12. The summed E-state index contributed by atoms with van der Waals surface area (Å²) >= 11 is 0. The summed E-state index contributed by atoms with van der Waals surface area (Å²) in [7, 11) is -2.20. The van der Waals surface area contributed by atoms with Gasteiger partial charge in [0.25, 0.3) is 10.0 Å². The monoisotopic (exact) mass is 330 g/mol. The summed E-state index contributed by atoms with van der Waals surface area (Å²) in [4.78, 5) is 14.1. The molecule has 1 heterocycles. The Morgan fingerprint density at radius 1 is 1.13 bits per heavy atom. The Morgan fingerprint density at radius 2 is 1.83 bits per heavy atom. The van der Waals surface area contributed by atoms with Crippen LogP contribution >= 0.6 is 0 Å². The Kier molecular flexibility index (Phi) is 3.87. The molecule has 0 N–H and O–H groups in total. The second-order valence-electron chi connectivity index (χ2n) is 4.92. The molecule has 0 radical (unpaired) electrons. The van der Waals surface area contributed by atoms with Crippen molar-refractivity contribution in [2.75, 3.05) is 18.6 Å². The van der Waals surface area contributed by atoms with E-state index in [-0.39, 0.29) is 17.2 Å². The van der Waals surface area contributed by atoms with E-state index in [9.17, 15) is 13.2 Å². The van der Waals surface area contributed by atoms with Gasteiger partial charge in [-0.25, -0.2) is 0 Å². The quantitative estimate of drug-likeness (QED) is 0.803. The van der Waals surface area contributed by atoms with Crippen LogP contribution in [0.15, 0.2) is 57.8 Å². The van der Waals surface area contributed by atoms with Crippen LogP contribution in [-0.4, -0.2) is 34.2 Å². The molecule has 3 rings (SSSR count). The number of hydrogen-bond donors (Lipinski definition) is 0. The molecule has 0 spiro atoms. The lowest BCUT2D eigenvalue weighted by atomic mass is 10.1. The predicted molar refractivity (Wildman–Crippen MR) is 86.8 cm³/mol. The summed E-state index contributed by atoms with van der Waals surface area (Å²) in [5.41, 5.74) is 0.875. The highest BCUT2D eigenvalue weighted by molar-refractivity contribution is 7.90. The number of carbonyl (C=O) groups excluding carboxylic acids is 1. The van der Waals surface area contributed by atoms with Crippen LogP contribution in [0.2, 0.25) is 0 Å². The van der Waals surface area contributed by atoms with Crippen molar-refractivity contribution in [3.05, 3.63) is 54.1 Å². The van der Waals surface area contributed by atoms with Gasteiger partial charge in [-0.05, 0) is 24.3 Å². The number of para-hydroxylation sites is 2. The fourth-order valence-corrected chi connectivity index (χ4v) is 3.44.